The molecule has 0 aromatic heterocycles. The topological polar surface area (TPSA) is 32.3 Å². The van der Waals surface area contributed by atoms with Crippen LogP contribution in [-0.4, -0.2) is 23.3 Å². The summed E-state index contributed by atoms with van der Waals surface area (Å²) in [6.45, 7) is 4.36. The predicted molar refractivity (Wildman–Crippen MR) is 51.2 cm³/mol. The molecule has 12 heavy (non-hydrogen) atoms. The average molecular weight is 171 g/mol. The van der Waals surface area contributed by atoms with Crippen molar-refractivity contribution in [1.29, 1.82) is 0 Å². The molecule has 0 saturated heterocycles. The zero-order valence-corrected chi connectivity index (χ0v) is 8.21. The molecule has 0 aromatic carbocycles. The molecule has 1 aliphatic rings. The van der Waals surface area contributed by atoms with E-state index in [2.05, 4.69) is 19.2 Å². The highest BCUT2D eigenvalue weighted by atomic mass is 16.3. The molecule has 0 amide bonds. The Morgan fingerprint density at radius 2 is 2.08 bits per heavy atom. The number of aliphatic hydroxyl groups excluding tert-OH is 1. The molecular formula is C10H21NO. The Balaban J connectivity index is 2.28. The summed E-state index contributed by atoms with van der Waals surface area (Å²) >= 11 is 0. The molecule has 2 heteroatoms. The Morgan fingerprint density at radius 1 is 1.42 bits per heavy atom. The molecule has 0 aliphatic heterocycles. The lowest BCUT2D eigenvalue weighted by atomic mass is 9.92. The summed E-state index contributed by atoms with van der Waals surface area (Å²) in [6.07, 6.45) is 5.63. The van der Waals surface area contributed by atoms with Gasteiger partial charge in [0.1, 0.15) is 0 Å². The normalized spacial score (nSPS) is 33.2. The van der Waals surface area contributed by atoms with Gasteiger partial charge in [-0.2, -0.15) is 0 Å². The lowest BCUT2D eigenvalue weighted by Crippen LogP contribution is -2.45. The molecule has 1 aliphatic carbocycles. The zero-order valence-electron chi connectivity index (χ0n) is 8.21. The van der Waals surface area contributed by atoms with Crippen LogP contribution in [0.2, 0.25) is 0 Å². The number of hydrogen-bond acceptors (Lipinski definition) is 2. The second-order valence-electron chi connectivity index (χ2n) is 3.93. The predicted octanol–water partition coefficient (Wildman–Crippen LogP) is 1.68. The van der Waals surface area contributed by atoms with Crippen LogP contribution in [0.3, 0.4) is 0 Å². The van der Waals surface area contributed by atoms with Crippen LogP contribution in [0.1, 0.15) is 46.0 Å². The highest BCUT2D eigenvalue weighted by Crippen LogP contribution is 2.18. The molecule has 1 fully saturated rings. The van der Waals surface area contributed by atoms with E-state index in [1.165, 1.54) is 12.8 Å². The Kier molecular flexibility index (Phi) is 4.02. The fourth-order valence-electron chi connectivity index (χ4n) is 1.79. The molecule has 0 unspecified atom stereocenters. The van der Waals surface area contributed by atoms with E-state index in [1.54, 1.807) is 0 Å². The molecular weight excluding hydrogens is 150 g/mol. The van der Waals surface area contributed by atoms with Crippen molar-refractivity contribution in [3.05, 3.63) is 0 Å². The van der Waals surface area contributed by atoms with E-state index in [1.807, 2.05) is 0 Å². The second-order valence-corrected chi connectivity index (χ2v) is 3.93. The third-order valence-corrected chi connectivity index (χ3v) is 2.84. The molecule has 1 rings (SSSR count). The van der Waals surface area contributed by atoms with Crippen molar-refractivity contribution in [2.24, 2.45) is 0 Å². The molecule has 1 saturated carbocycles. The number of nitrogens with one attached hydrogen (secondary N) is 1. The minimum Gasteiger partial charge on any atom is -0.392 e. The van der Waals surface area contributed by atoms with Crippen LogP contribution in [0, 0.1) is 0 Å². The summed E-state index contributed by atoms with van der Waals surface area (Å²) < 4.78 is 0. The highest BCUT2D eigenvalue weighted by molar-refractivity contribution is 4.81. The first kappa shape index (κ1) is 10.0. The summed E-state index contributed by atoms with van der Waals surface area (Å²) in [5, 5.41) is 13.1. The summed E-state index contributed by atoms with van der Waals surface area (Å²) in [6, 6.07) is 0.899. The fourth-order valence-corrected chi connectivity index (χ4v) is 1.79. The van der Waals surface area contributed by atoms with Gasteiger partial charge in [-0.1, -0.05) is 19.8 Å². The summed E-state index contributed by atoms with van der Waals surface area (Å²) in [5.74, 6) is 0. The van der Waals surface area contributed by atoms with Gasteiger partial charge in [0.2, 0.25) is 0 Å². The number of aliphatic hydroxyl groups is 1. The SMILES string of the molecule is CC[C@H](C)N[C@H]1CCCC[C@H]1O. The summed E-state index contributed by atoms with van der Waals surface area (Å²) in [7, 11) is 0. The minimum atomic E-state index is -0.104. The van der Waals surface area contributed by atoms with E-state index in [9.17, 15) is 5.11 Å². The maximum atomic E-state index is 9.65. The quantitative estimate of drug-likeness (QED) is 0.677. The van der Waals surface area contributed by atoms with Gasteiger partial charge in [0.25, 0.3) is 0 Å². The maximum absolute atomic E-state index is 9.65. The Hall–Kier alpha value is -0.0800. The first-order valence-electron chi connectivity index (χ1n) is 5.18. The number of hydrogen-bond donors (Lipinski definition) is 2. The van der Waals surface area contributed by atoms with Crippen molar-refractivity contribution in [3.8, 4) is 0 Å². The van der Waals surface area contributed by atoms with Crippen LogP contribution < -0.4 is 5.32 Å². The van der Waals surface area contributed by atoms with Gasteiger partial charge >= 0.3 is 0 Å². The van der Waals surface area contributed by atoms with Crippen molar-refractivity contribution < 1.29 is 5.11 Å². The van der Waals surface area contributed by atoms with Crippen molar-refractivity contribution in [2.45, 2.75) is 64.1 Å². The zero-order chi connectivity index (χ0) is 8.97. The van der Waals surface area contributed by atoms with Crippen LogP contribution in [0.25, 0.3) is 0 Å². The smallest absolute Gasteiger partial charge is 0.0693 e. The molecule has 72 valence electrons. The molecule has 0 aromatic rings. The van der Waals surface area contributed by atoms with Gasteiger partial charge in [-0.25, -0.2) is 0 Å². The van der Waals surface area contributed by atoms with Crippen molar-refractivity contribution >= 4 is 0 Å². The monoisotopic (exact) mass is 171 g/mol. The van der Waals surface area contributed by atoms with E-state index >= 15 is 0 Å². The Labute approximate surface area is 75.4 Å². The van der Waals surface area contributed by atoms with E-state index in [4.69, 9.17) is 0 Å². The Bertz CT molecular complexity index is 127. The van der Waals surface area contributed by atoms with Gasteiger partial charge in [0.15, 0.2) is 0 Å². The molecule has 2 nitrogen and oxygen atoms in total. The van der Waals surface area contributed by atoms with Crippen LogP contribution in [-0.2, 0) is 0 Å². The van der Waals surface area contributed by atoms with E-state index in [0.29, 0.717) is 12.1 Å². The first-order valence-corrected chi connectivity index (χ1v) is 5.18. The minimum absolute atomic E-state index is 0.104. The maximum Gasteiger partial charge on any atom is 0.0693 e. The highest BCUT2D eigenvalue weighted by Gasteiger charge is 2.23. The van der Waals surface area contributed by atoms with Gasteiger partial charge in [-0.15, -0.1) is 0 Å². The van der Waals surface area contributed by atoms with Gasteiger partial charge in [-0.3, -0.25) is 0 Å². The lowest BCUT2D eigenvalue weighted by molar-refractivity contribution is 0.0857. The van der Waals surface area contributed by atoms with Crippen LogP contribution in [0.15, 0.2) is 0 Å². The molecule has 3 atom stereocenters. The average Bonchev–Trinajstić information content (AvgIpc) is 2.09. The standard InChI is InChI=1S/C10H21NO/c1-3-8(2)11-9-6-4-5-7-10(9)12/h8-12H,3-7H2,1-2H3/t8-,9-,10+/m0/s1. The first-order chi connectivity index (χ1) is 5.74. The van der Waals surface area contributed by atoms with Gasteiger partial charge in [-0.05, 0) is 26.2 Å². The fraction of sp³-hybridized carbons (Fsp3) is 1.00. The van der Waals surface area contributed by atoms with E-state index in [0.717, 1.165) is 19.3 Å². The lowest BCUT2D eigenvalue weighted by Gasteiger charge is -2.30. The number of rotatable bonds is 3. The van der Waals surface area contributed by atoms with E-state index in [-0.39, 0.29) is 6.10 Å². The largest absolute Gasteiger partial charge is 0.392 e. The van der Waals surface area contributed by atoms with Gasteiger partial charge in [0.05, 0.1) is 6.10 Å². The van der Waals surface area contributed by atoms with Crippen LogP contribution in [0.4, 0.5) is 0 Å². The van der Waals surface area contributed by atoms with Crippen molar-refractivity contribution in [1.82, 2.24) is 5.32 Å². The third kappa shape index (κ3) is 2.76. The van der Waals surface area contributed by atoms with E-state index < -0.39 is 0 Å². The Morgan fingerprint density at radius 3 is 2.67 bits per heavy atom. The second kappa shape index (κ2) is 4.83. The van der Waals surface area contributed by atoms with Crippen LogP contribution >= 0.6 is 0 Å². The third-order valence-electron chi connectivity index (χ3n) is 2.84. The van der Waals surface area contributed by atoms with Crippen molar-refractivity contribution in [3.63, 3.8) is 0 Å². The summed E-state index contributed by atoms with van der Waals surface area (Å²) in [4.78, 5) is 0. The molecule has 0 bridgehead atoms. The molecule has 0 spiro atoms. The molecule has 0 heterocycles. The van der Waals surface area contributed by atoms with Crippen LogP contribution in [0.5, 0.6) is 0 Å². The molecule has 2 N–H and O–H groups in total. The summed E-state index contributed by atoms with van der Waals surface area (Å²) in [5.41, 5.74) is 0. The molecule has 0 radical (unpaired) electrons. The van der Waals surface area contributed by atoms with Gasteiger partial charge < -0.3 is 10.4 Å². The van der Waals surface area contributed by atoms with Crippen molar-refractivity contribution in [2.75, 3.05) is 0 Å². The van der Waals surface area contributed by atoms with Gasteiger partial charge in [0, 0.05) is 12.1 Å².